The van der Waals surface area contributed by atoms with Gasteiger partial charge in [0.15, 0.2) is 0 Å². The molecule has 0 saturated heterocycles. The Labute approximate surface area is 145 Å². The van der Waals surface area contributed by atoms with Gasteiger partial charge in [0, 0.05) is 17.3 Å². The lowest BCUT2D eigenvalue weighted by Crippen LogP contribution is -2.20. The first kappa shape index (κ1) is 16.6. The smallest absolute Gasteiger partial charge is 0.257 e. The Morgan fingerprint density at radius 1 is 1.46 bits per heavy atom. The van der Waals surface area contributed by atoms with Crippen molar-refractivity contribution >= 4 is 28.2 Å². The van der Waals surface area contributed by atoms with Gasteiger partial charge in [-0.2, -0.15) is 0 Å². The molecule has 0 aliphatic heterocycles. The third kappa shape index (κ3) is 3.33. The second-order valence-electron chi connectivity index (χ2n) is 6.17. The van der Waals surface area contributed by atoms with E-state index in [9.17, 15) is 9.59 Å². The Balaban J connectivity index is 1.88. The number of carbonyl (C=O) groups excluding carboxylic acids is 2. The van der Waals surface area contributed by atoms with Crippen LogP contribution in [0.2, 0.25) is 0 Å². The average Bonchev–Trinajstić information content (AvgIpc) is 2.93. The highest BCUT2D eigenvalue weighted by molar-refractivity contribution is 7.17. The summed E-state index contributed by atoms with van der Waals surface area (Å²) in [6.45, 7) is 2.19. The number of fused-ring (bicyclic) bond motifs is 1. The number of primary amides is 1. The van der Waals surface area contributed by atoms with Crippen LogP contribution < -0.4 is 11.1 Å². The molecule has 126 valence electrons. The van der Waals surface area contributed by atoms with E-state index in [0.29, 0.717) is 22.0 Å². The van der Waals surface area contributed by atoms with Crippen molar-refractivity contribution in [1.82, 2.24) is 4.98 Å². The van der Waals surface area contributed by atoms with E-state index in [1.165, 1.54) is 35.3 Å². The van der Waals surface area contributed by atoms with Gasteiger partial charge in [-0.3, -0.25) is 14.6 Å². The molecule has 0 aromatic carbocycles. The second-order valence-corrected chi connectivity index (χ2v) is 7.27. The highest BCUT2D eigenvalue weighted by atomic mass is 32.1. The Kier molecular flexibility index (Phi) is 4.94. The molecule has 1 aliphatic carbocycles. The van der Waals surface area contributed by atoms with Crippen LogP contribution in [0.3, 0.4) is 0 Å². The standard InChI is InChI=1S/C18H21N3O2S/c1-2-4-11-6-7-13-14(9-11)24-18(15(13)16(19)22)21-17(23)12-5-3-8-20-10-12/h3,5,8,10-11H,2,4,6-7,9H2,1H3,(H2,19,22)(H,21,23). The van der Waals surface area contributed by atoms with Crippen molar-refractivity contribution in [3.8, 4) is 0 Å². The molecule has 24 heavy (non-hydrogen) atoms. The van der Waals surface area contributed by atoms with Gasteiger partial charge in [-0.15, -0.1) is 11.3 Å². The highest BCUT2D eigenvalue weighted by Gasteiger charge is 2.28. The van der Waals surface area contributed by atoms with E-state index in [1.54, 1.807) is 18.3 Å². The lowest BCUT2D eigenvalue weighted by Gasteiger charge is -2.21. The molecule has 0 bridgehead atoms. The van der Waals surface area contributed by atoms with E-state index >= 15 is 0 Å². The number of rotatable bonds is 5. The molecule has 5 nitrogen and oxygen atoms in total. The zero-order valence-electron chi connectivity index (χ0n) is 13.7. The third-order valence-corrected chi connectivity index (χ3v) is 5.63. The molecule has 3 N–H and O–H groups in total. The van der Waals surface area contributed by atoms with Gasteiger partial charge >= 0.3 is 0 Å². The molecular weight excluding hydrogens is 322 g/mol. The van der Waals surface area contributed by atoms with Gasteiger partial charge < -0.3 is 11.1 Å². The van der Waals surface area contributed by atoms with Gasteiger partial charge in [0.1, 0.15) is 5.00 Å². The third-order valence-electron chi connectivity index (χ3n) is 4.46. The molecule has 2 amide bonds. The second kappa shape index (κ2) is 7.13. The number of amides is 2. The van der Waals surface area contributed by atoms with Crippen molar-refractivity contribution in [3.63, 3.8) is 0 Å². The fourth-order valence-electron chi connectivity index (χ4n) is 3.33. The topological polar surface area (TPSA) is 85.1 Å². The molecule has 0 saturated carbocycles. The number of thiophene rings is 1. The number of hydrogen-bond donors (Lipinski definition) is 2. The SMILES string of the molecule is CCCC1CCc2c(sc(NC(=O)c3cccnc3)c2C(N)=O)C1. The zero-order chi connectivity index (χ0) is 17.1. The van der Waals surface area contributed by atoms with Crippen LogP contribution in [-0.2, 0) is 12.8 Å². The summed E-state index contributed by atoms with van der Waals surface area (Å²) >= 11 is 1.49. The van der Waals surface area contributed by atoms with Gasteiger partial charge in [0.05, 0.1) is 11.1 Å². The summed E-state index contributed by atoms with van der Waals surface area (Å²) in [5.41, 5.74) is 7.57. The van der Waals surface area contributed by atoms with E-state index in [2.05, 4.69) is 17.2 Å². The molecule has 1 unspecified atom stereocenters. The maximum atomic E-state index is 12.4. The molecular formula is C18H21N3O2S. The number of carbonyl (C=O) groups is 2. The molecule has 1 aliphatic rings. The normalized spacial score (nSPS) is 16.5. The number of anilines is 1. The molecule has 2 aromatic rings. The minimum Gasteiger partial charge on any atom is -0.365 e. The van der Waals surface area contributed by atoms with Crippen molar-refractivity contribution < 1.29 is 9.59 Å². The summed E-state index contributed by atoms with van der Waals surface area (Å²) in [5, 5.41) is 3.42. The molecule has 1 atom stereocenters. The van der Waals surface area contributed by atoms with E-state index in [-0.39, 0.29) is 5.91 Å². The van der Waals surface area contributed by atoms with Gasteiger partial charge in [-0.05, 0) is 42.9 Å². The number of nitrogens with zero attached hydrogens (tertiary/aromatic N) is 1. The maximum absolute atomic E-state index is 12.4. The summed E-state index contributed by atoms with van der Waals surface area (Å²) < 4.78 is 0. The largest absolute Gasteiger partial charge is 0.365 e. The average molecular weight is 343 g/mol. The molecule has 2 heterocycles. The number of nitrogens with one attached hydrogen (secondary N) is 1. The fourth-order valence-corrected chi connectivity index (χ4v) is 4.69. The Hall–Kier alpha value is -2.21. The molecule has 6 heteroatoms. The van der Waals surface area contributed by atoms with Crippen molar-refractivity contribution in [2.45, 2.75) is 39.0 Å². The van der Waals surface area contributed by atoms with Crippen LogP contribution in [0, 0.1) is 5.92 Å². The van der Waals surface area contributed by atoms with E-state index < -0.39 is 5.91 Å². The quantitative estimate of drug-likeness (QED) is 0.872. The van der Waals surface area contributed by atoms with Crippen molar-refractivity contribution in [2.75, 3.05) is 5.32 Å². The van der Waals surface area contributed by atoms with E-state index in [4.69, 9.17) is 5.73 Å². The first-order valence-electron chi connectivity index (χ1n) is 8.25. The minimum atomic E-state index is -0.470. The molecule has 3 rings (SSSR count). The van der Waals surface area contributed by atoms with Gasteiger partial charge in [0.2, 0.25) is 0 Å². The van der Waals surface area contributed by atoms with Crippen LogP contribution in [0.4, 0.5) is 5.00 Å². The van der Waals surface area contributed by atoms with Crippen LogP contribution in [0.25, 0.3) is 0 Å². The summed E-state index contributed by atoms with van der Waals surface area (Å²) in [6, 6.07) is 3.40. The molecule has 0 fully saturated rings. The number of nitrogens with two attached hydrogens (primary N) is 1. The van der Waals surface area contributed by atoms with Gasteiger partial charge in [0.25, 0.3) is 11.8 Å². The van der Waals surface area contributed by atoms with Crippen molar-refractivity contribution in [3.05, 3.63) is 46.1 Å². The summed E-state index contributed by atoms with van der Waals surface area (Å²) in [6.07, 6.45) is 8.38. The van der Waals surface area contributed by atoms with Crippen LogP contribution >= 0.6 is 11.3 Å². The van der Waals surface area contributed by atoms with Crippen LogP contribution in [0.15, 0.2) is 24.5 Å². The first-order chi connectivity index (χ1) is 11.6. The number of aromatic nitrogens is 1. The fraction of sp³-hybridized carbons (Fsp3) is 0.389. The summed E-state index contributed by atoms with van der Waals surface area (Å²) in [7, 11) is 0. The molecule has 0 spiro atoms. The Morgan fingerprint density at radius 2 is 2.29 bits per heavy atom. The molecule has 2 aromatic heterocycles. The van der Waals surface area contributed by atoms with Gasteiger partial charge in [-0.1, -0.05) is 19.8 Å². The summed E-state index contributed by atoms with van der Waals surface area (Å²) in [5.74, 6) is -0.0824. The van der Waals surface area contributed by atoms with Crippen molar-refractivity contribution in [1.29, 1.82) is 0 Å². The number of pyridine rings is 1. The van der Waals surface area contributed by atoms with Crippen molar-refractivity contribution in [2.24, 2.45) is 11.7 Å². The minimum absolute atomic E-state index is 0.269. The van der Waals surface area contributed by atoms with Crippen LogP contribution in [-0.4, -0.2) is 16.8 Å². The monoisotopic (exact) mass is 343 g/mol. The van der Waals surface area contributed by atoms with Gasteiger partial charge in [-0.25, -0.2) is 0 Å². The predicted octanol–water partition coefficient (Wildman–Crippen LogP) is 3.40. The van der Waals surface area contributed by atoms with E-state index in [1.807, 2.05) is 0 Å². The van der Waals surface area contributed by atoms with E-state index in [0.717, 1.165) is 24.8 Å². The first-order valence-corrected chi connectivity index (χ1v) is 9.07. The maximum Gasteiger partial charge on any atom is 0.257 e. The van der Waals surface area contributed by atoms with Crippen LogP contribution in [0.1, 0.15) is 57.3 Å². The molecule has 0 radical (unpaired) electrons. The Bertz CT molecular complexity index is 755. The lowest BCUT2D eigenvalue weighted by atomic mass is 9.84. The highest BCUT2D eigenvalue weighted by Crippen LogP contribution is 2.40. The zero-order valence-corrected chi connectivity index (χ0v) is 14.5. The number of hydrogen-bond acceptors (Lipinski definition) is 4. The summed E-state index contributed by atoms with van der Waals surface area (Å²) in [4.78, 5) is 29.5. The predicted molar refractivity (Wildman–Crippen MR) is 95.5 cm³/mol. The van der Waals surface area contributed by atoms with Crippen LogP contribution in [0.5, 0.6) is 0 Å². The Morgan fingerprint density at radius 3 is 2.96 bits per heavy atom. The lowest BCUT2D eigenvalue weighted by molar-refractivity contribution is 0.1000.